The van der Waals surface area contributed by atoms with E-state index in [2.05, 4.69) is 4.98 Å². The number of ketones is 1. The minimum absolute atomic E-state index is 0.303. The third kappa shape index (κ3) is 1.37. The average Bonchev–Trinajstić information content (AvgIpc) is 3.09. The molecule has 0 aliphatic heterocycles. The molecule has 18 heavy (non-hydrogen) atoms. The molecule has 0 atom stereocenters. The zero-order valence-corrected chi connectivity index (χ0v) is 9.88. The monoisotopic (exact) mass is 244 g/mol. The van der Waals surface area contributed by atoms with E-state index in [0.717, 1.165) is 5.52 Å². The van der Waals surface area contributed by atoms with E-state index >= 15 is 0 Å². The fraction of sp³-hybridized carbons (Fsp3) is 0.308. The van der Waals surface area contributed by atoms with Crippen molar-refractivity contribution in [2.75, 3.05) is 0 Å². The van der Waals surface area contributed by atoms with Gasteiger partial charge < -0.3 is 9.67 Å². The number of carbonyl (C=O) groups is 2. The van der Waals surface area contributed by atoms with E-state index in [0.29, 0.717) is 23.9 Å². The summed E-state index contributed by atoms with van der Waals surface area (Å²) in [7, 11) is 1.87. The summed E-state index contributed by atoms with van der Waals surface area (Å²) in [6.45, 7) is 0. The third-order valence-corrected chi connectivity index (χ3v) is 3.58. The van der Waals surface area contributed by atoms with E-state index in [1.165, 1.54) is 0 Å². The van der Waals surface area contributed by atoms with Crippen molar-refractivity contribution >= 4 is 22.8 Å². The average molecular weight is 244 g/mol. The van der Waals surface area contributed by atoms with Gasteiger partial charge in [-0.2, -0.15) is 0 Å². The lowest BCUT2D eigenvalue weighted by Gasteiger charge is -2.08. The zero-order chi connectivity index (χ0) is 12.9. The van der Waals surface area contributed by atoms with Crippen LogP contribution in [-0.2, 0) is 11.8 Å². The van der Waals surface area contributed by atoms with Crippen molar-refractivity contribution in [1.82, 2.24) is 9.55 Å². The van der Waals surface area contributed by atoms with Crippen LogP contribution in [-0.4, -0.2) is 26.4 Å². The molecule has 0 saturated heterocycles. The Hall–Kier alpha value is -2.17. The van der Waals surface area contributed by atoms with E-state index in [1.807, 2.05) is 11.6 Å². The fourth-order valence-electron chi connectivity index (χ4n) is 2.22. The molecule has 1 aromatic heterocycles. The Bertz CT molecular complexity index is 668. The Morgan fingerprint density at radius 1 is 1.39 bits per heavy atom. The van der Waals surface area contributed by atoms with E-state index in [1.54, 1.807) is 24.5 Å². The Morgan fingerprint density at radius 2 is 2.11 bits per heavy atom. The molecule has 2 aromatic rings. The summed E-state index contributed by atoms with van der Waals surface area (Å²) in [5, 5.41) is 9.11. The van der Waals surface area contributed by atoms with Crippen LogP contribution < -0.4 is 0 Å². The number of fused-ring (bicyclic) bond motifs is 1. The summed E-state index contributed by atoms with van der Waals surface area (Å²) in [6.07, 6.45) is 2.53. The second kappa shape index (κ2) is 3.41. The number of aryl methyl sites for hydroxylation is 1. The third-order valence-electron chi connectivity index (χ3n) is 3.58. The van der Waals surface area contributed by atoms with E-state index in [4.69, 9.17) is 5.11 Å². The molecular formula is C13H12N2O3. The Morgan fingerprint density at radius 3 is 2.72 bits per heavy atom. The molecule has 1 aromatic carbocycles. The standard InChI is InChI=1S/C13H12N2O3/c1-15-7-14-9-6-8(2-3-10(9)15)11(16)13(4-5-13)12(17)18/h2-3,6-7H,4-5H2,1H3,(H,17,18). The van der Waals surface area contributed by atoms with Crippen LogP contribution in [0.1, 0.15) is 23.2 Å². The number of rotatable bonds is 3. The fourth-order valence-corrected chi connectivity index (χ4v) is 2.22. The van der Waals surface area contributed by atoms with Crippen LogP contribution in [0.15, 0.2) is 24.5 Å². The van der Waals surface area contributed by atoms with Crippen molar-refractivity contribution in [3.63, 3.8) is 0 Å². The molecule has 0 amide bonds. The molecule has 0 spiro atoms. The van der Waals surface area contributed by atoms with Crippen molar-refractivity contribution < 1.29 is 14.7 Å². The van der Waals surface area contributed by atoms with Crippen molar-refractivity contribution in [3.8, 4) is 0 Å². The van der Waals surface area contributed by atoms with Crippen LogP contribution in [0.25, 0.3) is 11.0 Å². The molecule has 1 aliphatic rings. The quantitative estimate of drug-likeness (QED) is 0.657. The van der Waals surface area contributed by atoms with Gasteiger partial charge in [-0.3, -0.25) is 9.59 Å². The minimum Gasteiger partial charge on any atom is -0.480 e. The molecule has 1 saturated carbocycles. The molecule has 0 bridgehead atoms. The van der Waals surface area contributed by atoms with E-state index < -0.39 is 11.4 Å². The summed E-state index contributed by atoms with van der Waals surface area (Å²) in [5.41, 5.74) is 0.889. The number of hydrogen-bond donors (Lipinski definition) is 1. The van der Waals surface area contributed by atoms with Crippen molar-refractivity contribution in [3.05, 3.63) is 30.1 Å². The van der Waals surface area contributed by atoms with Gasteiger partial charge in [-0.05, 0) is 31.0 Å². The summed E-state index contributed by atoms with van der Waals surface area (Å²) in [6, 6.07) is 5.14. The first kappa shape index (κ1) is 11.0. The van der Waals surface area contributed by atoms with Gasteiger partial charge >= 0.3 is 5.97 Å². The number of carbonyl (C=O) groups excluding carboxylic acids is 1. The topological polar surface area (TPSA) is 72.2 Å². The Balaban J connectivity index is 2.05. The van der Waals surface area contributed by atoms with Gasteiger partial charge in [-0.1, -0.05) is 0 Å². The number of nitrogens with zero attached hydrogens (tertiary/aromatic N) is 2. The minimum atomic E-state index is -1.18. The van der Waals surface area contributed by atoms with Gasteiger partial charge in [-0.15, -0.1) is 0 Å². The predicted molar refractivity (Wildman–Crippen MR) is 64.3 cm³/mol. The Kier molecular flexibility index (Phi) is 2.08. The molecule has 1 fully saturated rings. The number of Topliss-reactive ketones (excluding diaryl/α,β-unsaturated/α-hetero) is 1. The maximum Gasteiger partial charge on any atom is 0.317 e. The van der Waals surface area contributed by atoms with Crippen LogP contribution in [0, 0.1) is 5.41 Å². The lowest BCUT2D eigenvalue weighted by molar-refractivity contribution is -0.141. The van der Waals surface area contributed by atoms with Crippen molar-refractivity contribution in [2.24, 2.45) is 12.5 Å². The van der Waals surface area contributed by atoms with Crippen LogP contribution in [0.4, 0.5) is 0 Å². The molecule has 5 heteroatoms. The van der Waals surface area contributed by atoms with Gasteiger partial charge in [0.1, 0.15) is 5.41 Å². The highest BCUT2D eigenvalue weighted by molar-refractivity contribution is 6.15. The number of carboxylic acid groups (broad SMARTS) is 1. The van der Waals surface area contributed by atoms with Crippen LogP contribution >= 0.6 is 0 Å². The summed E-state index contributed by atoms with van der Waals surface area (Å²) < 4.78 is 1.85. The summed E-state index contributed by atoms with van der Waals surface area (Å²) in [5.74, 6) is -1.32. The number of benzene rings is 1. The van der Waals surface area contributed by atoms with Gasteiger partial charge in [-0.25, -0.2) is 4.98 Å². The number of hydrogen-bond acceptors (Lipinski definition) is 3. The van der Waals surface area contributed by atoms with Crippen molar-refractivity contribution in [2.45, 2.75) is 12.8 Å². The predicted octanol–water partition coefficient (Wildman–Crippen LogP) is 1.62. The molecule has 5 nitrogen and oxygen atoms in total. The molecule has 1 heterocycles. The molecule has 0 unspecified atom stereocenters. The second-order valence-corrected chi connectivity index (χ2v) is 4.78. The lowest BCUT2D eigenvalue weighted by atomic mass is 9.94. The smallest absolute Gasteiger partial charge is 0.317 e. The number of aliphatic carboxylic acids is 1. The van der Waals surface area contributed by atoms with Crippen LogP contribution in [0.2, 0.25) is 0 Å². The maximum absolute atomic E-state index is 12.2. The van der Waals surface area contributed by atoms with Crippen molar-refractivity contribution in [1.29, 1.82) is 0 Å². The highest BCUT2D eigenvalue weighted by atomic mass is 16.4. The summed E-state index contributed by atoms with van der Waals surface area (Å²) >= 11 is 0. The van der Waals surface area contributed by atoms with Gasteiger partial charge in [0.2, 0.25) is 0 Å². The number of aromatic nitrogens is 2. The van der Waals surface area contributed by atoms with Gasteiger partial charge in [0, 0.05) is 12.6 Å². The van der Waals surface area contributed by atoms with Crippen LogP contribution in [0.5, 0.6) is 0 Å². The first-order valence-electron chi connectivity index (χ1n) is 5.74. The zero-order valence-electron chi connectivity index (χ0n) is 9.88. The first-order chi connectivity index (χ1) is 8.54. The largest absolute Gasteiger partial charge is 0.480 e. The Labute approximate surface area is 103 Å². The second-order valence-electron chi connectivity index (χ2n) is 4.78. The number of imidazole rings is 1. The highest BCUT2D eigenvalue weighted by Gasteiger charge is 2.56. The first-order valence-corrected chi connectivity index (χ1v) is 5.74. The van der Waals surface area contributed by atoms with Gasteiger partial charge in [0.05, 0.1) is 17.4 Å². The SMILES string of the molecule is Cn1cnc2cc(C(=O)C3(C(=O)O)CC3)ccc21. The van der Waals surface area contributed by atoms with Gasteiger partial charge in [0.15, 0.2) is 5.78 Å². The lowest BCUT2D eigenvalue weighted by Crippen LogP contribution is -2.25. The molecule has 3 rings (SSSR count). The molecule has 0 radical (unpaired) electrons. The normalized spacial score (nSPS) is 16.7. The molecule has 1 aliphatic carbocycles. The maximum atomic E-state index is 12.2. The number of carboxylic acids is 1. The molecule has 1 N–H and O–H groups in total. The molecular weight excluding hydrogens is 232 g/mol. The van der Waals surface area contributed by atoms with E-state index in [-0.39, 0.29) is 5.78 Å². The van der Waals surface area contributed by atoms with Gasteiger partial charge in [0.25, 0.3) is 0 Å². The summed E-state index contributed by atoms with van der Waals surface area (Å²) in [4.78, 5) is 27.5. The van der Waals surface area contributed by atoms with E-state index in [9.17, 15) is 9.59 Å². The molecule has 92 valence electrons. The highest BCUT2D eigenvalue weighted by Crippen LogP contribution is 2.48. The van der Waals surface area contributed by atoms with Crippen LogP contribution in [0.3, 0.4) is 0 Å².